The van der Waals surface area contributed by atoms with E-state index in [4.69, 9.17) is 14.2 Å². The average Bonchev–Trinajstić information content (AvgIpc) is 2.58. The van der Waals surface area contributed by atoms with Gasteiger partial charge in [-0.1, -0.05) is 12.1 Å². The molecule has 0 saturated carbocycles. The first-order valence-corrected chi connectivity index (χ1v) is 7.89. The number of fused-ring (bicyclic) bond motifs is 1. The van der Waals surface area contributed by atoms with Crippen molar-refractivity contribution in [2.45, 2.75) is 19.4 Å². The molecule has 1 unspecified atom stereocenters. The molecule has 0 amide bonds. The predicted octanol–water partition coefficient (Wildman–Crippen LogP) is 3.28. The highest BCUT2D eigenvalue weighted by Gasteiger charge is 2.23. The molecule has 3 rings (SSSR count). The Balaban J connectivity index is 1.80. The van der Waals surface area contributed by atoms with Crippen LogP contribution in [-0.4, -0.2) is 27.4 Å². The number of hydrogen-bond donors (Lipinski definition) is 1. The second-order valence-corrected chi connectivity index (χ2v) is 5.79. The van der Waals surface area contributed by atoms with Crippen LogP contribution in [0.25, 0.3) is 0 Å². The SMILES string of the molecule is COc1cc2c(cc1OC)C(COc1cccc(C)c1)NCC2. The van der Waals surface area contributed by atoms with E-state index in [1.807, 2.05) is 12.1 Å². The van der Waals surface area contributed by atoms with Gasteiger partial charge in [-0.2, -0.15) is 0 Å². The lowest BCUT2D eigenvalue weighted by Gasteiger charge is -2.28. The van der Waals surface area contributed by atoms with Gasteiger partial charge in [-0.05, 0) is 60.8 Å². The maximum atomic E-state index is 5.98. The van der Waals surface area contributed by atoms with Crippen molar-refractivity contribution in [3.63, 3.8) is 0 Å². The molecular weight excluding hydrogens is 290 g/mol. The first-order valence-electron chi connectivity index (χ1n) is 7.89. The predicted molar refractivity (Wildman–Crippen MR) is 90.7 cm³/mol. The molecule has 0 aromatic heterocycles. The molecule has 23 heavy (non-hydrogen) atoms. The Labute approximate surface area is 137 Å². The van der Waals surface area contributed by atoms with Gasteiger partial charge in [-0.25, -0.2) is 0 Å². The lowest BCUT2D eigenvalue weighted by molar-refractivity contribution is 0.260. The Hall–Kier alpha value is -2.20. The third-order valence-corrected chi connectivity index (χ3v) is 4.21. The van der Waals surface area contributed by atoms with Crippen LogP contribution in [0, 0.1) is 6.92 Å². The molecule has 0 saturated heterocycles. The second kappa shape index (κ2) is 6.92. The molecule has 122 valence electrons. The van der Waals surface area contributed by atoms with Crippen LogP contribution in [0.5, 0.6) is 17.2 Å². The highest BCUT2D eigenvalue weighted by Crippen LogP contribution is 2.35. The molecule has 4 heteroatoms. The summed E-state index contributed by atoms with van der Waals surface area (Å²) in [7, 11) is 3.34. The molecule has 0 fully saturated rings. The summed E-state index contributed by atoms with van der Waals surface area (Å²) in [6, 6.07) is 12.4. The Morgan fingerprint density at radius 1 is 1.09 bits per heavy atom. The maximum absolute atomic E-state index is 5.98. The van der Waals surface area contributed by atoms with E-state index < -0.39 is 0 Å². The third kappa shape index (κ3) is 3.42. The van der Waals surface area contributed by atoms with E-state index in [0.717, 1.165) is 30.2 Å². The van der Waals surface area contributed by atoms with E-state index in [1.54, 1.807) is 14.2 Å². The summed E-state index contributed by atoms with van der Waals surface area (Å²) in [5, 5.41) is 3.53. The Morgan fingerprint density at radius 3 is 2.61 bits per heavy atom. The number of benzene rings is 2. The fraction of sp³-hybridized carbons (Fsp3) is 0.368. The smallest absolute Gasteiger partial charge is 0.161 e. The average molecular weight is 313 g/mol. The van der Waals surface area contributed by atoms with Crippen molar-refractivity contribution in [2.24, 2.45) is 0 Å². The Kier molecular flexibility index (Phi) is 4.72. The first kappa shape index (κ1) is 15.7. The summed E-state index contributed by atoms with van der Waals surface area (Å²) in [6.07, 6.45) is 0.983. The quantitative estimate of drug-likeness (QED) is 0.919. The van der Waals surface area contributed by atoms with E-state index in [2.05, 4.69) is 36.5 Å². The van der Waals surface area contributed by atoms with Crippen molar-refractivity contribution in [3.8, 4) is 17.2 Å². The second-order valence-electron chi connectivity index (χ2n) is 5.79. The molecule has 4 nitrogen and oxygen atoms in total. The van der Waals surface area contributed by atoms with Gasteiger partial charge in [0.1, 0.15) is 12.4 Å². The summed E-state index contributed by atoms with van der Waals surface area (Å²) < 4.78 is 16.8. The number of hydrogen-bond acceptors (Lipinski definition) is 4. The molecule has 1 aliphatic heterocycles. The number of methoxy groups -OCH3 is 2. The molecule has 0 aliphatic carbocycles. The van der Waals surface area contributed by atoms with Crippen LogP contribution >= 0.6 is 0 Å². The summed E-state index contributed by atoms with van der Waals surface area (Å²) in [5.41, 5.74) is 3.71. The maximum Gasteiger partial charge on any atom is 0.161 e. The topological polar surface area (TPSA) is 39.7 Å². The monoisotopic (exact) mass is 313 g/mol. The van der Waals surface area contributed by atoms with E-state index in [-0.39, 0.29) is 6.04 Å². The number of nitrogens with one attached hydrogen (secondary N) is 1. The number of aryl methyl sites for hydroxylation is 1. The zero-order valence-electron chi connectivity index (χ0n) is 13.9. The van der Waals surface area contributed by atoms with Crippen LogP contribution in [0.2, 0.25) is 0 Å². The van der Waals surface area contributed by atoms with E-state index in [1.165, 1.54) is 16.7 Å². The minimum absolute atomic E-state index is 0.152. The van der Waals surface area contributed by atoms with Gasteiger partial charge in [-0.3, -0.25) is 0 Å². The molecule has 0 radical (unpaired) electrons. The first-order chi connectivity index (χ1) is 11.2. The molecule has 1 heterocycles. The summed E-state index contributed by atoms with van der Waals surface area (Å²) in [5.74, 6) is 2.45. The molecule has 2 aromatic carbocycles. The lowest BCUT2D eigenvalue weighted by atomic mass is 9.94. The summed E-state index contributed by atoms with van der Waals surface area (Å²) in [4.78, 5) is 0. The van der Waals surface area contributed by atoms with Gasteiger partial charge in [-0.15, -0.1) is 0 Å². The highest BCUT2D eigenvalue weighted by atomic mass is 16.5. The van der Waals surface area contributed by atoms with E-state index in [0.29, 0.717) is 6.61 Å². The highest BCUT2D eigenvalue weighted by molar-refractivity contribution is 5.49. The van der Waals surface area contributed by atoms with Crippen LogP contribution in [0.15, 0.2) is 36.4 Å². The van der Waals surface area contributed by atoms with Crippen LogP contribution in [0.1, 0.15) is 22.7 Å². The van der Waals surface area contributed by atoms with Crippen molar-refractivity contribution in [1.82, 2.24) is 5.32 Å². The third-order valence-electron chi connectivity index (χ3n) is 4.21. The fourth-order valence-electron chi connectivity index (χ4n) is 3.00. The zero-order chi connectivity index (χ0) is 16.2. The number of ether oxygens (including phenoxy) is 3. The molecule has 1 aliphatic rings. The minimum Gasteiger partial charge on any atom is -0.493 e. The van der Waals surface area contributed by atoms with Crippen LogP contribution < -0.4 is 19.5 Å². The van der Waals surface area contributed by atoms with Crippen molar-refractivity contribution >= 4 is 0 Å². The molecule has 0 bridgehead atoms. The van der Waals surface area contributed by atoms with Gasteiger partial charge in [0, 0.05) is 0 Å². The van der Waals surface area contributed by atoms with Crippen LogP contribution in [0.3, 0.4) is 0 Å². The van der Waals surface area contributed by atoms with Crippen molar-refractivity contribution in [1.29, 1.82) is 0 Å². The largest absolute Gasteiger partial charge is 0.493 e. The molecule has 1 N–H and O–H groups in total. The van der Waals surface area contributed by atoms with Gasteiger partial charge in [0.25, 0.3) is 0 Å². The number of rotatable bonds is 5. The van der Waals surface area contributed by atoms with Gasteiger partial charge in [0.2, 0.25) is 0 Å². The minimum atomic E-state index is 0.152. The lowest BCUT2D eigenvalue weighted by Crippen LogP contribution is -2.33. The normalized spacial score (nSPS) is 16.6. The van der Waals surface area contributed by atoms with Crippen molar-refractivity contribution < 1.29 is 14.2 Å². The van der Waals surface area contributed by atoms with Crippen molar-refractivity contribution in [3.05, 3.63) is 53.1 Å². The molecular formula is C19H23NO3. The van der Waals surface area contributed by atoms with Crippen molar-refractivity contribution in [2.75, 3.05) is 27.4 Å². The fourth-order valence-corrected chi connectivity index (χ4v) is 3.00. The van der Waals surface area contributed by atoms with Crippen LogP contribution in [-0.2, 0) is 6.42 Å². The van der Waals surface area contributed by atoms with Gasteiger partial charge in [0.15, 0.2) is 11.5 Å². The Bertz CT molecular complexity index is 684. The molecule has 1 atom stereocenters. The Morgan fingerprint density at radius 2 is 1.87 bits per heavy atom. The van der Waals surface area contributed by atoms with Gasteiger partial charge < -0.3 is 19.5 Å². The molecule has 0 spiro atoms. The molecule has 2 aromatic rings. The summed E-state index contributed by atoms with van der Waals surface area (Å²) in [6.45, 7) is 3.59. The summed E-state index contributed by atoms with van der Waals surface area (Å²) >= 11 is 0. The van der Waals surface area contributed by atoms with Gasteiger partial charge in [0.05, 0.1) is 20.3 Å². The van der Waals surface area contributed by atoms with Crippen LogP contribution in [0.4, 0.5) is 0 Å². The van der Waals surface area contributed by atoms with E-state index >= 15 is 0 Å². The zero-order valence-corrected chi connectivity index (χ0v) is 13.9. The van der Waals surface area contributed by atoms with Gasteiger partial charge >= 0.3 is 0 Å². The van der Waals surface area contributed by atoms with E-state index in [9.17, 15) is 0 Å². The standard InChI is InChI=1S/C19H23NO3/c1-13-5-4-6-15(9-13)23-12-17-16-11-19(22-3)18(21-2)10-14(16)7-8-20-17/h4-6,9-11,17,20H,7-8,12H2,1-3H3.